The van der Waals surface area contributed by atoms with E-state index in [0.717, 1.165) is 18.6 Å². The van der Waals surface area contributed by atoms with Crippen molar-refractivity contribution < 1.29 is 9.84 Å². The SMILES string of the molecule is OC(COc1ccc(-c2ccccc2)cc1)C1CC1. The molecule has 1 saturated carbocycles. The van der Waals surface area contributed by atoms with E-state index in [9.17, 15) is 5.11 Å². The third-order valence-electron chi connectivity index (χ3n) is 3.55. The number of ether oxygens (including phenoxy) is 1. The Morgan fingerprint density at radius 2 is 1.58 bits per heavy atom. The molecule has 0 amide bonds. The molecule has 1 aliphatic carbocycles. The first-order chi connectivity index (χ1) is 9.33. The summed E-state index contributed by atoms with van der Waals surface area (Å²) < 4.78 is 5.61. The van der Waals surface area contributed by atoms with Crippen molar-refractivity contribution in [2.45, 2.75) is 18.9 Å². The summed E-state index contributed by atoms with van der Waals surface area (Å²) in [6, 6.07) is 18.3. The van der Waals surface area contributed by atoms with Crippen LogP contribution in [0, 0.1) is 5.92 Å². The van der Waals surface area contributed by atoms with Gasteiger partial charge < -0.3 is 9.84 Å². The van der Waals surface area contributed by atoms with E-state index in [1.807, 2.05) is 42.5 Å². The summed E-state index contributed by atoms with van der Waals surface area (Å²) >= 11 is 0. The van der Waals surface area contributed by atoms with Gasteiger partial charge in [0.05, 0.1) is 6.10 Å². The van der Waals surface area contributed by atoms with Crippen molar-refractivity contribution in [3.05, 3.63) is 54.6 Å². The monoisotopic (exact) mass is 254 g/mol. The Balaban J connectivity index is 1.62. The zero-order valence-electron chi connectivity index (χ0n) is 10.8. The number of aliphatic hydroxyl groups is 1. The lowest BCUT2D eigenvalue weighted by molar-refractivity contribution is 0.0894. The molecule has 0 heterocycles. The van der Waals surface area contributed by atoms with Crippen molar-refractivity contribution >= 4 is 0 Å². The van der Waals surface area contributed by atoms with E-state index in [4.69, 9.17) is 4.74 Å². The van der Waals surface area contributed by atoms with Gasteiger partial charge in [-0.2, -0.15) is 0 Å². The molecule has 2 nitrogen and oxygen atoms in total. The molecule has 19 heavy (non-hydrogen) atoms. The van der Waals surface area contributed by atoms with E-state index in [1.54, 1.807) is 0 Å². The highest BCUT2D eigenvalue weighted by Gasteiger charge is 2.29. The smallest absolute Gasteiger partial charge is 0.119 e. The Morgan fingerprint density at radius 3 is 2.21 bits per heavy atom. The predicted molar refractivity (Wildman–Crippen MR) is 76.1 cm³/mol. The van der Waals surface area contributed by atoms with Crippen LogP contribution < -0.4 is 4.74 Å². The molecule has 3 rings (SSSR count). The maximum absolute atomic E-state index is 9.76. The van der Waals surface area contributed by atoms with Crippen molar-refractivity contribution in [2.75, 3.05) is 6.61 Å². The molecule has 0 aromatic heterocycles. The molecular formula is C17H18O2. The van der Waals surface area contributed by atoms with Gasteiger partial charge in [0.2, 0.25) is 0 Å². The fourth-order valence-electron chi connectivity index (χ4n) is 2.17. The lowest BCUT2D eigenvalue weighted by Gasteiger charge is -2.11. The van der Waals surface area contributed by atoms with E-state index in [2.05, 4.69) is 12.1 Å². The summed E-state index contributed by atoms with van der Waals surface area (Å²) in [5, 5.41) is 9.76. The summed E-state index contributed by atoms with van der Waals surface area (Å²) in [5.74, 6) is 1.28. The van der Waals surface area contributed by atoms with Crippen LogP contribution in [0.1, 0.15) is 12.8 Å². The van der Waals surface area contributed by atoms with Crippen molar-refractivity contribution in [1.29, 1.82) is 0 Å². The second kappa shape index (κ2) is 5.45. The molecule has 1 atom stereocenters. The summed E-state index contributed by atoms with van der Waals surface area (Å²) in [6.07, 6.45) is 1.96. The fourth-order valence-corrected chi connectivity index (χ4v) is 2.17. The molecule has 0 radical (unpaired) electrons. The average molecular weight is 254 g/mol. The van der Waals surface area contributed by atoms with Crippen LogP contribution in [0.3, 0.4) is 0 Å². The van der Waals surface area contributed by atoms with Gasteiger partial charge in [-0.25, -0.2) is 0 Å². The Labute approximate surface area is 113 Å². The van der Waals surface area contributed by atoms with Gasteiger partial charge in [-0.05, 0) is 42.0 Å². The number of rotatable bonds is 5. The van der Waals surface area contributed by atoms with Gasteiger partial charge in [-0.1, -0.05) is 42.5 Å². The number of benzene rings is 2. The molecule has 1 unspecified atom stereocenters. The highest BCUT2D eigenvalue weighted by Crippen LogP contribution is 2.32. The summed E-state index contributed by atoms with van der Waals surface area (Å²) in [4.78, 5) is 0. The van der Waals surface area contributed by atoms with Gasteiger partial charge in [-0.15, -0.1) is 0 Å². The highest BCUT2D eigenvalue weighted by atomic mass is 16.5. The minimum atomic E-state index is -0.311. The number of aliphatic hydroxyl groups excluding tert-OH is 1. The topological polar surface area (TPSA) is 29.5 Å². The first-order valence-corrected chi connectivity index (χ1v) is 6.79. The standard InChI is InChI=1S/C17H18O2/c18-17(15-6-7-15)12-19-16-10-8-14(9-11-16)13-4-2-1-3-5-13/h1-5,8-11,15,17-18H,6-7,12H2. The maximum Gasteiger partial charge on any atom is 0.119 e. The molecule has 0 aliphatic heterocycles. The van der Waals surface area contributed by atoms with Crippen molar-refractivity contribution in [1.82, 2.24) is 0 Å². The summed E-state index contributed by atoms with van der Waals surface area (Å²) in [5.41, 5.74) is 2.38. The minimum absolute atomic E-state index is 0.311. The zero-order valence-corrected chi connectivity index (χ0v) is 10.8. The Hall–Kier alpha value is -1.80. The second-order valence-electron chi connectivity index (χ2n) is 5.11. The quantitative estimate of drug-likeness (QED) is 0.884. The predicted octanol–water partition coefficient (Wildman–Crippen LogP) is 3.50. The molecule has 2 aromatic rings. The first kappa shape index (κ1) is 12.2. The Morgan fingerprint density at radius 1 is 0.947 bits per heavy atom. The van der Waals surface area contributed by atoms with E-state index < -0.39 is 0 Å². The molecule has 0 bridgehead atoms. The van der Waals surface area contributed by atoms with Crippen LogP contribution in [0.2, 0.25) is 0 Å². The van der Waals surface area contributed by atoms with Crippen LogP contribution >= 0.6 is 0 Å². The van der Waals surface area contributed by atoms with Gasteiger partial charge in [0, 0.05) is 0 Å². The van der Waals surface area contributed by atoms with Crippen LogP contribution in [0.4, 0.5) is 0 Å². The highest BCUT2D eigenvalue weighted by molar-refractivity contribution is 5.63. The lowest BCUT2D eigenvalue weighted by atomic mass is 10.1. The van der Waals surface area contributed by atoms with Gasteiger partial charge in [0.1, 0.15) is 12.4 Å². The lowest BCUT2D eigenvalue weighted by Crippen LogP contribution is -2.19. The van der Waals surface area contributed by atoms with Gasteiger partial charge in [-0.3, -0.25) is 0 Å². The fraction of sp³-hybridized carbons (Fsp3) is 0.294. The maximum atomic E-state index is 9.76. The van der Waals surface area contributed by atoms with Crippen molar-refractivity contribution in [3.63, 3.8) is 0 Å². The molecule has 1 N–H and O–H groups in total. The van der Waals surface area contributed by atoms with E-state index in [-0.39, 0.29) is 6.10 Å². The van der Waals surface area contributed by atoms with Crippen LogP contribution in [-0.4, -0.2) is 17.8 Å². The number of hydrogen-bond donors (Lipinski definition) is 1. The molecule has 0 spiro atoms. The third kappa shape index (κ3) is 3.15. The molecule has 0 saturated heterocycles. The van der Waals surface area contributed by atoms with Crippen LogP contribution in [0.15, 0.2) is 54.6 Å². The summed E-state index contributed by atoms with van der Waals surface area (Å²) in [6.45, 7) is 0.398. The largest absolute Gasteiger partial charge is 0.491 e. The first-order valence-electron chi connectivity index (χ1n) is 6.79. The average Bonchev–Trinajstić information content (AvgIpc) is 3.31. The van der Waals surface area contributed by atoms with Gasteiger partial charge >= 0.3 is 0 Å². The van der Waals surface area contributed by atoms with Crippen molar-refractivity contribution in [2.24, 2.45) is 5.92 Å². The van der Waals surface area contributed by atoms with E-state index >= 15 is 0 Å². The number of hydrogen-bond acceptors (Lipinski definition) is 2. The molecule has 1 fully saturated rings. The van der Waals surface area contributed by atoms with E-state index in [1.165, 1.54) is 11.1 Å². The Kier molecular flexibility index (Phi) is 3.51. The second-order valence-corrected chi connectivity index (χ2v) is 5.11. The molecule has 2 heteroatoms. The normalized spacial score (nSPS) is 16.1. The van der Waals surface area contributed by atoms with Crippen molar-refractivity contribution in [3.8, 4) is 16.9 Å². The van der Waals surface area contributed by atoms with E-state index in [0.29, 0.717) is 12.5 Å². The van der Waals surface area contributed by atoms with Crippen LogP contribution in [0.25, 0.3) is 11.1 Å². The molecule has 2 aromatic carbocycles. The molecule has 1 aliphatic rings. The minimum Gasteiger partial charge on any atom is -0.491 e. The van der Waals surface area contributed by atoms with Gasteiger partial charge in [0.25, 0.3) is 0 Å². The molecule has 98 valence electrons. The van der Waals surface area contributed by atoms with Crippen LogP contribution in [-0.2, 0) is 0 Å². The molecular weight excluding hydrogens is 236 g/mol. The van der Waals surface area contributed by atoms with Crippen LogP contribution in [0.5, 0.6) is 5.75 Å². The van der Waals surface area contributed by atoms with Gasteiger partial charge in [0.15, 0.2) is 0 Å². The third-order valence-corrected chi connectivity index (χ3v) is 3.55. The zero-order chi connectivity index (χ0) is 13.1. The summed E-state index contributed by atoms with van der Waals surface area (Å²) in [7, 11) is 0. The Bertz CT molecular complexity index is 515.